The van der Waals surface area contributed by atoms with E-state index < -0.39 is 11.5 Å². The predicted molar refractivity (Wildman–Crippen MR) is 115 cm³/mol. The first-order valence-electron chi connectivity index (χ1n) is 9.41. The molecule has 0 bridgehead atoms. The van der Waals surface area contributed by atoms with Gasteiger partial charge in [0.2, 0.25) is 5.91 Å². The number of carbonyl (C=O) groups is 2. The summed E-state index contributed by atoms with van der Waals surface area (Å²) in [5.41, 5.74) is 0.562. The van der Waals surface area contributed by atoms with Crippen LogP contribution in [0.5, 0.6) is 5.75 Å². The number of benzene rings is 1. The molecule has 2 aromatic rings. The molecule has 0 fully saturated rings. The van der Waals surface area contributed by atoms with E-state index in [-0.39, 0.29) is 49.3 Å². The van der Waals surface area contributed by atoms with E-state index in [1.54, 1.807) is 6.07 Å². The number of rotatable bonds is 10. The first-order valence-corrected chi connectivity index (χ1v) is 10.2. The highest BCUT2D eigenvalue weighted by Gasteiger charge is 2.24. The second kappa shape index (κ2) is 9.77. The number of phenolic OH excluding ortho intramolecular Hbond substituents is 1. The molecule has 0 aliphatic rings. The standard InChI is InChI=1S/C20H27N3O6S/c1-4-15(26)23(11-20(2,3)12-24)10-9-22(19(28)29)8-7-13-5-6-14(25)16-17(13)30-18(27)21-16/h4-6,24-25H,1,7-12H2,2-3H3,(H,21,27)(H,28,29). The van der Waals surface area contributed by atoms with Crippen LogP contribution in [0.3, 0.4) is 0 Å². The Bertz CT molecular complexity index is 981. The normalized spacial score (nSPS) is 11.4. The summed E-state index contributed by atoms with van der Waals surface area (Å²) in [5.74, 6) is -0.369. The quantitative estimate of drug-likeness (QED) is 0.419. The number of H-pyrrole nitrogens is 1. The number of nitrogens with one attached hydrogen (secondary N) is 1. The lowest BCUT2D eigenvalue weighted by molar-refractivity contribution is -0.128. The van der Waals surface area contributed by atoms with Gasteiger partial charge in [-0.05, 0) is 24.1 Å². The molecule has 164 valence electrons. The topological polar surface area (TPSA) is 134 Å². The lowest BCUT2D eigenvalue weighted by Gasteiger charge is -2.32. The Hall–Kier alpha value is -2.85. The smallest absolute Gasteiger partial charge is 0.407 e. The second-order valence-electron chi connectivity index (χ2n) is 7.77. The van der Waals surface area contributed by atoms with Gasteiger partial charge in [0.25, 0.3) is 0 Å². The van der Waals surface area contributed by atoms with Crippen LogP contribution in [-0.2, 0) is 11.2 Å². The highest BCUT2D eigenvalue weighted by molar-refractivity contribution is 7.16. The van der Waals surface area contributed by atoms with Crippen LogP contribution in [0.15, 0.2) is 29.6 Å². The van der Waals surface area contributed by atoms with E-state index in [9.17, 15) is 29.7 Å². The van der Waals surface area contributed by atoms with Gasteiger partial charge in [-0.3, -0.25) is 9.59 Å². The third-order valence-electron chi connectivity index (χ3n) is 4.73. The molecule has 0 radical (unpaired) electrons. The number of thiazole rings is 1. The van der Waals surface area contributed by atoms with Crippen molar-refractivity contribution in [3.05, 3.63) is 40.0 Å². The highest BCUT2D eigenvalue weighted by atomic mass is 32.1. The number of carboxylic acid groups (broad SMARTS) is 1. The van der Waals surface area contributed by atoms with Gasteiger partial charge in [-0.1, -0.05) is 37.8 Å². The van der Waals surface area contributed by atoms with Crippen LogP contribution >= 0.6 is 11.3 Å². The van der Waals surface area contributed by atoms with E-state index in [1.165, 1.54) is 21.9 Å². The minimum Gasteiger partial charge on any atom is -0.506 e. The Balaban J connectivity index is 2.10. The van der Waals surface area contributed by atoms with Crippen LogP contribution in [-0.4, -0.2) is 74.9 Å². The summed E-state index contributed by atoms with van der Waals surface area (Å²) in [7, 11) is 0. The molecule has 0 spiro atoms. The highest BCUT2D eigenvalue weighted by Crippen LogP contribution is 2.28. The Morgan fingerprint density at radius 2 is 1.90 bits per heavy atom. The number of phenols is 1. The van der Waals surface area contributed by atoms with Crippen molar-refractivity contribution < 1.29 is 24.9 Å². The largest absolute Gasteiger partial charge is 0.506 e. The fourth-order valence-corrected chi connectivity index (χ4v) is 3.93. The van der Waals surface area contributed by atoms with Gasteiger partial charge in [-0.2, -0.15) is 0 Å². The van der Waals surface area contributed by atoms with Crippen molar-refractivity contribution in [2.45, 2.75) is 20.3 Å². The molecule has 0 unspecified atom stereocenters. The van der Waals surface area contributed by atoms with Gasteiger partial charge in [-0.25, -0.2) is 4.79 Å². The van der Waals surface area contributed by atoms with Gasteiger partial charge in [0.05, 0.1) is 4.70 Å². The molecule has 1 aromatic heterocycles. The maximum Gasteiger partial charge on any atom is 0.407 e. The van der Waals surface area contributed by atoms with Crippen LogP contribution in [0.2, 0.25) is 0 Å². The zero-order chi connectivity index (χ0) is 22.5. The number of aliphatic hydroxyl groups is 1. The number of aromatic nitrogens is 1. The van der Waals surface area contributed by atoms with E-state index in [1.807, 2.05) is 13.8 Å². The summed E-state index contributed by atoms with van der Waals surface area (Å²) in [6.07, 6.45) is 0.383. The van der Waals surface area contributed by atoms with Crippen LogP contribution in [0, 0.1) is 5.41 Å². The number of hydrogen-bond donors (Lipinski definition) is 4. The van der Waals surface area contributed by atoms with Crippen molar-refractivity contribution in [2.75, 3.05) is 32.8 Å². The molecule has 30 heavy (non-hydrogen) atoms. The minimum atomic E-state index is -1.13. The molecule has 2 rings (SSSR count). The lowest BCUT2D eigenvalue weighted by Crippen LogP contribution is -2.45. The molecular weight excluding hydrogens is 410 g/mol. The molecule has 10 heteroatoms. The van der Waals surface area contributed by atoms with E-state index >= 15 is 0 Å². The lowest BCUT2D eigenvalue weighted by atomic mass is 9.94. The van der Waals surface area contributed by atoms with Gasteiger partial charge in [0.1, 0.15) is 11.3 Å². The molecule has 4 N–H and O–H groups in total. The second-order valence-corrected chi connectivity index (χ2v) is 8.75. The number of carbonyl (C=O) groups excluding carboxylic acids is 1. The zero-order valence-corrected chi connectivity index (χ0v) is 17.9. The SMILES string of the molecule is C=CC(=O)N(CCN(CCc1ccc(O)c2[nH]c(=O)sc12)C(=O)O)CC(C)(C)CO. The molecule has 2 amide bonds. The third-order valence-corrected chi connectivity index (χ3v) is 5.69. The van der Waals surface area contributed by atoms with Crippen molar-refractivity contribution in [1.82, 2.24) is 14.8 Å². The summed E-state index contributed by atoms with van der Waals surface area (Å²) in [6, 6.07) is 3.13. The number of fused-ring (bicyclic) bond motifs is 1. The van der Waals surface area contributed by atoms with Crippen molar-refractivity contribution in [3.8, 4) is 5.75 Å². The molecule has 0 aliphatic heterocycles. The van der Waals surface area contributed by atoms with Gasteiger partial charge < -0.3 is 30.1 Å². The van der Waals surface area contributed by atoms with E-state index in [2.05, 4.69) is 11.6 Å². The van der Waals surface area contributed by atoms with Gasteiger partial charge in [0.15, 0.2) is 0 Å². The maximum absolute atomic E-state index is 12.2. The van der Waals surface area contributed by atoms with Crippen LogP contribution in [0.4, 0.5) is 4.79 Å². The van der Waals surface area contributed by atoms with E-state index in [0.717, 1.165) is 16.9 Å². The Labute approximate surface area is 177 Å². The molecule has 0 saturated heterocycles. The molecule has 0 saturated carbocycles. The molecule has 0 atom stereocenters. The van der Waals surface area contributed by atoms with E-state index in [4.69, 9.17) is 0 Å². The number of hydrogen-bond acceptors (Lipinski definition) is 6. The average Bonchev–Trinajstić information content (AvgIpc) is 3.10. The molecule has 1 heterocycles. The summed E-state index contributed by atoms with van der Waals surface area (Å²) in [5, 5.41) is 28.9. The fourth-order valence-electron chi connectivity index (χ4n) is 3.03. The molecular formula is C20H27N3O6S. The third kappa shape index (κ3) is 5.83. The van der Waals surface area contributed by atoms with Crippen LogP contribution in [0.25, 0.3) is 10.2 Å². The van der Waals surface area contributed by atoms with Gasteiger partial charge in [-0.15, -0.1) is 0 Å². The summed E-state index contributed by atoms with van der Waals surface area (Å²) in [6.45, 7) is 7.64. The van der Waals surface area contributed by atoms with Gasteiger partial charge in [0, 0.05) is 38.2 Å². The summed E-state index contributed by atoms with van der Waals surface area (Å²) < 4.78 is 0.596. The summed E-state index contributed by atoms with van der Waals surface area (Å²) in [4.78, 5) is 40.4. The Morgan fingerprint density at radius 1 is 1.23 bits per heavy atom. The van der Waals surface area contributed by atoms with Crippen molar-refractivity contribution in [3.63, 3.8) is 0 Å². The first kappa shape index (κ1) is 23.4. The van der Waals surface area contributed by atoms with E-state index in [0.29, 0.717) is 16.6 Å². The Morgan fingerprint density at radius 3 is 2.50 bits per heavy atom. The number of aromatic hydroxyl groups is 1. The zero-order valence-electron chi connectivity index (χ0n) is 17.1. The number of nitrogens with zero attached hydrogens (tertiary/aromatic N) is 2. The number of amides is 2. The molecule has 0 aliphatic carbocycles. The fraction of sp³-hybridized carbons (Fsp3) is 0.450. The number of aromatic amines is 1. The van der Waals surface area contributed by atoms with Crippen molar-refractivity contribution in [2.24, 2.45) is 5.41 Å². The molecule has 1 aromatic carbocycles. The average molecular weight is 438 g/mol. The molecule has 9 nitrogen and oxygen atoms in total. The maximum atomic E-state index is 12.2. The first-order chi connectivity index (χ1) is 14.1. The van der Waals surface area contributed by atoms with Gasteiger partial charge >= 0.3 is 11.0 Å². The Kier molecular flexibility index (Phi) is 7.63. The number of aliphatic hydroxyl groups excluding tert-OH is 1. The summed E-state index contributed by atoms with van der Waals surface area (Å²) >= 11 is 0.962. The monoisotopic (exact) mass is 437 g/mol. The minimum absolute atomic E-state index is 0.0349. The van der Waals surface area contributed by atoms with Crippen molar-refractivity contribution in [1.29, 1.82) is 0 Å². The van der Waals surface area contributed by atoms with Crippen molar-refractivity contribution >= 4 is 33.6 Å². The predicted octanol–water partition coefficient (Wildman–Crippen LogP) is 1.85. The van der Waals surface area contributed by atoms with Crippen LogP contribution in [0.1, 0.15) is 19.4 Å². The van der Waals surface area contributed by atoms with Crippen LogP contribution < -0.4 is 4.87 Å².